The van der Waals surface area contributed by atoms with Crippen LogP contribution in [0.2, 0.25) is 0 Å². The van der Waals surface area contributed by atoms with Crippen LogP contribution in [0.3, 0.4) is 0 Å². The predicted octanol–water partition coefficient (Wildman–Crippen LogP) is 1.80. The summed E-state index contributed by atoms with van der Waals surface area (Å²) < 4.78 is 0. The van der Waals surface area contributed by atoms with Crippen molar-refractivity contribution < 1.29 is 9.90 Å². The summed E-state index contributed by atoms with van der Waals surface area (Å²) in [5.74, 6) is 0.924. The number of hydrogen-bond donors (Lipinski definition) is 1. The topological polar surface area (TPSA) is 40.5 Å². The number of carbonyl (C=O) groups excluding carboxylic acids is 1. The van der Waals surface area contributed by atoms with Crippen molar-refractivity contribution in [2.24, 2.45) is 5.92 Å². The van der Waals surface area contributed by atoms with E-state index < -0.39 is 6.10 Å². The van der Waals surface area contributed by atoms with Crippen molar-refractivity contribution >= 4 is 5.91 Å². The highest BCUT2D eigenvalue weighted by atomic mass is 16.3. The first kappa shape index (κ1) is 12.5. The van der Waals surface area contributed by atoms with Crippen LogP contribution in [0.4, 0.5) is 0 Å². The maximum Gasteiger partial charge on any atom is 0.222 e. The molecule has 0 radical (unpaired) electrons. The second-order valence-electron chi connectivity index (χ2n) is 4.67. The molecular formula is C12H23NO2. The van der Waals surface area contributed by atoms with Gasteiger partial charge in [-0.25, -0.2) is 0 Å². The summed E-state index contributed by atoms with van der Waals surface area (Å²) in [6, 6.07) is 0. The molecule has 3 nitrogen and oxygen atoms in total. The van der Waals surface area contributed by atoms with E-state index in [1.165, 1.54) is 12.8 Å². The third-order valence-corrected chi connectivity index (χ3v) is 3.11. The molecule has 15 heavy (non-hydrogen) atoms. The minimum absolute atomic E-state index is 0.217. The third-order valence-electron chi connectivity index (χ3n) is 3.11. The van der Waals surface area contributed by atoms with E-state index in [9.17, 15) is 9.90 Å². The Kier molecular flexibility index (Phi) is 5.09. The van der Waals surface area contributed by atoms with Crippen LogP contribution in [-0.4, -0.2) is 35.1 Å². The standard InChI is InChI=1S/C12H23NO2/c1-3-4-11-5-6-12(15)13(8-7-11)9-10(2)14/h10-11,14H,3-9H2,1-2H3/t10-,11?/m1/s1. The monoisotopic (exact) mass is 213 g/mol. The molecular weight excluding hydrogens is 190 g/mol. The van der Waals surface area contributed by atoms with Crippen LogP contribution >= 0.6 is 0 Å². The fraction of sp³-hybridized carbons (Fsp3) is 0.917. The first-order chi connectivity index (χ1) is 7.13. The Bertz CT molecular complexity index is 204. The molecule has 0 aliphatic carbocycles. The van der Waals surface area contributed by atoms with Gasteiger partial charge in [-0.3, -0.25) is 4.79 Å². The molecule has 1 fully saturated rings. The summed E-state index contributed by atoms with van der Waals surface area (Å²) in [6.07, 6.45) is 4.83. The number of rotatable bonds is 4. The molecule has 0 saturated carbocycles. The second-order valence-corrected chi connectivity index (χ2v) is 4.67. The molecule has 0 aromatic carbocycles. The van der Waals surface area contributed by atoms with Crippen molar-refractivity contribution in [2.45, 2.75) is 52.1 Å². The Morgan fingerprint density at radius 2 is 2.27 bits per heavy atom. The fourth-order valence-electron chi connectivity index (χ4n) is 2.30. The van der Waals surface area contributed by atoms with Gasteiger partial charge >= 0.3 is 0 Å². The minimum atomic E-state index is -0.406. The van der Waals surface area contributed by atoms with Crippen LogP contribution in [0, 0.1) is 5.92 Å². The van der Waals surface area contributed by atoms with Gasteiger partial charge in [0.2, 0.25) is 5.91 Å². The lowest BCUT2D eigenvalue weighted by atomic mass is 9.96. The van der Waals surface area contributed by atoms with Crippen LogP contribution in [0.15, 0.2) is 0 Å². The number of nitrogens with zero attached hydrogens (tertiary/aromatic N) is 1. The summed E-state index contributed by atoms with van der Waals surface area (Å²) >= 11 is 0. The zero-order valence-corrected chi connectivity index (χ0v) is 9.91. The predicted molar refractivity (Wildman–Crippen MR) is 60.5 cm³/mol. The first-order valence-corrected chi connectivity index (χ1v) is 6.09. The molecule has 3 heteroatoms. The van der Waals surface area contributed by atoms with Crippen molar-refractivity contribution in [1.29, 1.82) is 0 Å². The van der Waals surface area contributed by atoms with Gasteiger partial charge in [-0.15, -0.1) is 0 Å². The van der Waals surface area contributed by atoms with Gasteiger partial charge in [0.1, 0.15) is 0 Å². The number of carbonyl (C=O) groups is 1. The van der Waals surface area contributed by atoms with Gasteiger partial charge in [-0.1, -0.05) is 19.8 Å². The normalized spacial score (nSPS) is 25.1. The Labute approximate surface area is 92.5 Å². The lowest BCUT2D eigenvalue weighted by molar-refractivity contribution is -0.131. The Balaban J connectivity index is 2.44. The summed E-state index contributed by atoms with van der Waals surface area (Å²) in [6.45, 7) is 5.26. The summed E-state index contributed by atoms with van der Waals surface area (Å²) in [4.78, 5) is 13.5. The van der Waals surface area contributed by atoms with Gasteiger partial charge < -0.3 is 10.0 Å². The zero-order chi connectivity index (χ0) is 11.3. The maximum atomic E-state index is 11.7. The van der Waals surface area contributed by atoms with E-state index in [0.29, 0.717) is 18.9 Å². The number of aliphatic hydroxyl groups excluding tert-OH is 1. The number of amides is 1. The second kappa shape index (κ2) is 6.11. The Hall–Kier alpha value is -0.570. The van der Waals surface area contributed by atoms with Crippen molar-refractivity contribution in [3.05, 3.63) is 0 Å². The van der Waals surface area contributed by atoms with Crippen molar-refractivity contribution in [1.82, 2.24) is 4.90 Å². The van der Waals surface area contributed by atoms with E-state index >= 15 is 0 Å². The third kappa shape index (κ3) is 4.20. The first-order valence-electron chi connectivity index (χ1n) is 6.09. The van der Waals surface area contributed by atoms with Crippen LogP contribution < -0.4 is 0 Å². The van der Waals surface area contributed by atoms with Gasteiger partial charge in [0.05, 0.1) is 6.10 Å². The largest absolute Gasteiger partial charge is 0.392 e. The van der Waals surface area contributed by atoms with E-state index in [0.717, 1.165) is 19.4 Å². The van der Waals surface area contributed by atoms with E-state index in [-0.39, 0.29) is 5.91 Å². The van der Waals surface area contributed by atoms with Crippen molar-refractivity contribution in [2.75, 3.05) is 13.1 Å². The quantitative estimate of drug-likeness (QED) is 0.773. The van der Waals surface area contributed by atoms with Gasteiger partial charge in [0.15, 0.2) is 0 Å². The van der Waals surface area contributed by atoms with E-state index in [4.69, 9.17) is 0 Å². The van der Waals surface area contributed by atoms with Gasteiger partial charge in [-0.05, 0) is 25.7 Å². The molecule has 88 valence electrons. The van der Waals surface area contributed by atoms with Crippen molar-refractivity contribution in [3.63, 3.8) is 0 Å². The molecule has 1 aliphatic rings. The zero-order valence-electron chi connectivity index (χ0n) is 9.91. The molecule has 0 aromatic heterocycles. The number of β-amino-alcohol motifs (C(OH)–C–C–N with tert-alkyl or cyclic N) is 1. The molecule has 0 bridgehead atoms. The lowest BCUT2D eigenvalue weighted by Gasteiger charge is -2.22. The summed E-state index contributed by atoms with van der Waals surface area (Å²) in [5.41, 5.74) is 0. The van der Waals surface area contributed by atoms with Crippen LogP contribution in [0.25, 0.3) is 0 Å². The molecule has 1 heterocycles. The molecule has 1 saturated heterocycles. The highest BCUT2D eigenvalue weighted by Gasteiger charge is 2.22. The molecule has 1 amide bonds. The molecule has 0 spiro atoms. The van der Waals surface area contributed by atoms with Gasteiger partial charge in [0.25, 0.3) is 0 Å². The SMILES string of the molecule is CCCC1CCC(=O)N(C[C@@H](C)O)CC1. The highest BCUT2D eigenvalue weighted by Crippen LogP contribution is 2.22. The average Bonchev–Trinajstić information content (AvgIpc) is 2.32. The van der Waals surface area contributed by atoms with Crippen LogP contribution in [-0.2, 0) is 4.79 Å². The number of aliphatic hydroxyl groups is 1. The molecule has 2 atom stereocenters. The van der Waals surface area contributed by atoms with E-state index in [2.05, 4.69) is 6.92 Å². The molecule has 1 N–H and O–H groups in total. The van der Waals surface area contributed by atoms with Gasteiger partial charge in [-0.2, -0.15) is 0 Å². The Morgan fingerprint density at radius 1 is 1.53 bits per heavy atom. The van der Waals surface area contributed by atoms with E-state index in [1.54, 1.807) is 6.92 Å². The minimum Gasteiger partial charge on any atom is -0.392 e. The lowest BCUT2D eigenvalue weighted by Crippen LogP contribution is -2.36. The highest BCUT2D eigenvalue weighted by molar-refractivity contribution is 5.76. The molecule has 1 aliphatic heterocycles. The molecule has 1 unspecified atom stereocenters. The van der Waals surface area contributed by atoms with Crippen LogP contribution in [0.5, 0.6) is 0 Å². The smallest absolute Gasteiger partial charge is 0.222 e. The number of hydrogen-bond acceptors (Lipinski definition) is 2. The molecule has 1 rings (SSSR count). The summed E-state index contributed by atoms with van der Waals surface area (Å²) in [5, 5.41) is 9.29. The van der Waals surface area contributed by atoms with E-state index in [1.807, 2.05) is 4.90 Å². The van der Waals surface area contributed by atoms with Crippen molar-refractivity contribution in [3.8, 4) is 0 Å². The molecule has 0 aromatic rings. The Morgan fingerprint density at radius 3 is 2.87 bits per heavy atom. The maximum absolute atomic E-state index is 11.7. The average molecular weight is 213 g/mol. The summed E-state index contributed by atoms with van der Waals surface area (Å²) in [7, 11) is 0. The van der Waals surface area contributed by atoms with Crippen LogP contribution in [0.1, 0.15) is 46.0 Å². The number of likely N-dealkylation sites (tertiary alicyclic amines) is 1. The van der Waals surface area contributed by atoms with Gasteiger partial charge in [0, 0.05) is 19.5 Å². The fourth-order valence-corrected chi connectivity index (χ4v) is 2.30.